The maximum Gasteiger partial charge on any atom is 0.326 e. The van der Waals surface area contributed by atoms with Crippen molar-refractivity contribution in [3.8, 4) is 0 Å². The second-order valence-corrected chi connectivity index (χ2v) is 7.73. The van der Waals surface area contributed by atoms with Gasteiger partial charge in [-0.15, -0.1) is 0 Å². The van der Waals surface area contributed by atoms with E-state index in [1.165, 1.54) is 6.92 Å². The fourth-order valence-electron chi connectivity index (χ4n) is 2.68. The van der Waals surface area contributed by atoms with E-state index < -0.39 is 60.2 Å². The Morgan fingerprint density at radius 1 is 0.939 bits per heavy atom. The molecule has 0 heterocycles. The van der Waals surface area contributed by atoms with E-state index in [1.807, 2.05) is 0 Å². The molecule has 5 unspecified atom stereocenters. The average molecular weight is 473 g/mol. The number of hydrogen-bond donors (Lipinski definition) is 8. The number of nitrogens with two attached hydrogens (primary N) is 4. The number of aliphatic imine (C=N–C) groups is 1. The number of nitrogens with one attached hydrogen (secondary N) is 3. The van der Waals surface area contributed by atoms with Gasteiger partial charge >= 0.3 is 5.97 Å². The van der Waals surface area contributed by atoms with Gasteiger partial charge in [0.25, 0.3) is 0 Å². The molecule has 0 aliphatic heterocycles. The topological polar surface area (TPSA) is 258 Å². The Balaban J connectivity index is 5.04. The smallest absolute Gasteiger partial charge is 0.326 e. The zero-order chi connectivity index (χ0) is 25.7. The normalized spacial score (nSPS) is 15.2. The van der Waals surface area contributed by atoms with Crippen LogP contribution in [0.5, 0.6) is 0 Å². The zero-order valence-electron chi connectivity index (χ0n) is 19.2. The van der Waals surface area contributed by atoms with Crippen molar-refractivity contribution in [2.45, 2.75) is 70.6 Å². The largest absolute Gasteiger partial charge is 0.480 e. The Morgan fingerprint density at radius 2 is 1.55 bits per heavy atom. The van der Waals surface area contributed by atoms with Crippen molar-refractivity contribution in [2.75, 3.05) is 6.54 Å². The molecule has 14 heteroatoms. The third-order valence-electron chi connectivity index (χ3n) is 4.87. The van der Waals surface area contributed by atoms with Crippen LogP contribution >= 0.6 is 0 Å². The van der Waals surface area contributed by atoms with Crippen LogP contribution in [0, 0.1) is 5.92 Å². The summed E-state index contributed by atoms with van der Waals surface area (Å²) in [5, 5.41) is 16.4. The highest BCUT2D eigenvalue weighted by molar-refractivity contribution is 5.94. The average Bonchev–Trinajstić information content (AvgIpc) is 2.72. The van der Waals surface area contributed by atoms with E-state index in [4.69, 9.17) is 22.9 Å². The Morgan fingerprint density at radius 3 is 2.03 bits per heavy atom. The highest BCUT2D eigenvalue weighted by Gasteiger charge is 2.32. The summed E-state index contributed by atoms with van der Waals surface area (Å²) in [6.45, 7) is 5.18. The van der Waals surface area contributed by atoms with Crippen molar-refractivity contribution in [1.82, 2.24) is 16.0 Å². The van der Waals surface area contributed by atoms with Crippen LogP contribution in [-0.2, 0) is 24.0 Å². The van der Waals surface area contributed by atoms with Gasteiger partial charge in [0, 0.05) is 6.54 Å². The molecule has 0 aromatic carbocycles. The molecule has 14 nitrogen and oxygen atoms in total. The molecule has 0 aromatic heterocycles. The van der Waals surface area contributed by atoms with Crippen LogP contribution in [0.1, 0.15) is 46.5 Å². The Hall–Kier alpha value is -3.42. The standard InChI is InChI=1S/C19H36N8O6/c1-4-9(2)14(17(31)26-12(18(32)33)8-13(21)28)27-15(29)10(3)25-16(30)11(20)6-5-7-24-19(22)23/h9-12,14H,4-8,20H2,1-3H3,(H2,21,28)(H,25,30)(H,26,31)(H,27,29)(H,32,33)(H4,22,23,24). The molecule has 0 aliphatic rings. The summed E-state index contributed by atoms with van der Waals surface area (Å²) in [7, 11) is 0. The molecule has 4 amide bonds. The first-order chi connectivity index (χ1) is 15.3. The molecule has 33 heavy (non-hydrogen) atoms. The maximum absolute atomic E-state index is 12.6. The van der Waals surface area contributed by atoms with Gasteiger partial charge in [-0.25, -0.2) is 4.79 Å². The number of guanidine groups is 1. The quantitative estimate of drug-likeness (QED) is 0.0678. The lowest BCUT2D eigenvalue weighted by Crippen LogP contribution is -2.58. The van der Waals surface area contributed by atoms with Gasteiger partial charge in [0.05, 0.1) is 12.5 Å². The first-order valence-corrected chi connectivity index (χ1v) is 10.5. The van der Waals surface area contributed by atoms with Gasteiger partial charge in [-0.1, -0.05) is 20.3 Å². The van der Waals surface area contributed by atoms with Gasteiger partial charge < -0.3 is 44.0 Å². The number of nitrogens with zero attached hydrogens (tertiary/aromatic N) is 1. The highest BCUT2D eigenvalue weighted by Crippen LogP contribution is 2.09. The number of hydrogen-bond acceptors (Lipinski definition) is 7. The summed E-state index contributed by atoms with van der Waals surface area (Å²) in [6, 6.07) is -4.56. The van der Waals surface area contributed by atoms with Crippen LogP contribution < -0.4 is 38.9 Å². The Labute approximate surface area is 192 Å². The van der Waals surface area contributed by atoms with Gasteiger partial charge in [0.15, 0.2) is 5.96 Å². The fourth-order valence-corrected chi connectivity index (χ4v) is 2.68. The molecule has 12 N–H and O–H groups in total. The summed E-state index contributed by atoms with van der Waals surface area (Å²) in [5.74, 6) is -4.82. The maximum atomic E-state index is 12.6. The molecule has 0 saturated carbocycles. The van der Waals surface area contributed by atoms with Crippen molar-refractivity contribution >= 4 is 35.6 Å². The van der Waals surface area contributed by atoms with Gasteiger partial charge in [-0.3, -0.25) is 24.2 Å². The third kappa shape index (κ3) is 11.7. The number of amides is 4. The number of rotatable bonds is 15. The van der Waals surface area contributed by atoms with Crippen LogP contribution in [0.4, 0.5) is 0 Å². The zero-order valence-corrected chi connectivity index (χ0v) is 19.2. The van der Waals surface area contributed by atoms with Crippen molar-refractivity contribution < 1.29 is 29.1 Å². The first-order valence-electron chi connectivity index (χ1n) is 10.5. The van der Waals surface area contributed by atoms with E-state index in [9.17, 15) is 29.1 Å². The molecular formula is C19H36N8O6. The lowest BCUT2D eigenvalue weighted by molar-refractivity contribution is -0.144. The molecule has 5 atom stereocenters. The van der Waals surface area contributed by atoms with Crippen LogP contribution in [0.25, 0.3) is 0 Å². The van der Waals surface area contributed by atoms with Crippen molar-refractivity contribution in [2.24, 2.45) is 33.8 Å². The van der Waals surface area contributed by atoms with Gasteiger partial charge in [-0.05, 0) is 25.7 Å². The highest BCUT2D eigenvalue weighted by atomic mass is 16.4. The summed E-state index contributed by atoms with van der Waals surface area (Å²) in [6.07, 6.45) is 0.619. The minimum Gasteiger partial charge on any atom is -0.480 e. The molecule has 0 saturated heterocycles. The Kier molecular flexibility index (Phi) is 13.1. The number of carboxylic acids is 1. The summed E-state index contributed by atoms with van der Waals surface area (Å²) in [5.41, 5.74) is 21.3. The van der Waals surface area contributed by atoms with E-state index in [0.29, 0.717) is 19.4 Å². The third-order valence-corrected chi connectivity index (χ3v) is 4.87. The van der Waals surface area contributed by atoms with Crippen molar-refractivity contribution in [3.05, 3.63) is 0 Å². The molecule has 0 spiro atoms. The molecule has 0 aromatic rings. The molecule has 0 radical (unpaired) electrons. The Bertz CT molecular complexity index is 740. The number of carbonyl (C=O) groups is 5. The van der Waals surface area contributed by atoms with Gasteiger partial charge in [0.1, 0.15) is 18.1 Å². The molecule has 0 fully saturated rings. The fraction of sp³-hybridized carbons (Fsp3) is 0.684. The summed E-state index contributed by atoms with van der Waals surface area (Å²) < 4.78 is 0. The number of carboxylic acid groups (broad SMARTS) is 1. The summed E-state index contributed by atoms with van der Waals surface area (Å²) in [4.78, 5) is 63.6. The van der Waals surface area contributed by atoms with Gasteiger partial charge in [0.2, 0.25) is 23.6 Å². The SMILES string of the molecule is CCC(C)C(NC(=O)C(C)NC(=O)C(N)CCCN=C(N)N)C(=O)NC(CC(N)=O)C(=O)O. The number of carbonyl (C=O) groups excluding carboxylic acids is 4. The lowest BCUT2D eigenvalue weighted by atomic mass is 9.97. The van der Waals surface area contributed by atoms with E-state index in [1.54, 1.807) is 13.8 Å². The van der Waals surface area contributed by atoms with Crippen molar-refractivity contribution in [3.63, 3.8) is 0 Å². The lowest BCUT2D eigenvalue weighted by Gasteiger charge is -2.27. The predicted octanol–water partition coefficient (Wildman–Crippen LogP) is -3.15. The van der Waals surface area contributed by atoms with Crippen LogP contribution in [0.2, 0.25) is 0 Å². The van der Waals surface area contributed by atoms with E-state index in [0.717, 1.165) is 0 Å². The minimum absolute atomic E-state index is 0.0671. The monoisotopic (exact) mass is 472 g/mol. The number of aliphatic carboxylic acids is 1. The van der Waals surface area contributed by atoms with E-state index >= 15 is 0 Å². The second-order valence-electron chi connectivity index (χ2n) is 7.73. The van der Waals surface area contributed by atoms with Crippen molar-refractivity contribution in [1.29, 1.82) is 0 Å². The van der Waals surface area contributed by atoms with Gasteiger partial charge in [-0.2, -0.15) is 0 Å². The van der Waals surface area contributed by atoms with Crippen LogP contribution in [0.3, 0.4) is 0 Å². The van der Waals surface area contributed by atoms with Crippen LogP contribution in [0.15, 0.2) is 4.99 Å². The minimum atomic E-state index is -1.53. The molecule has 0 rings (SSSR count). The molecule has 188 valence electrons. The molecule has 0 bridgehead atoms. The first kappa shape index (κ1) is 29.6. The van der Waals surface area contributed by atoms with E-state index in [2.05, 4.69) is 20.9 Å². The second kappa shape index (κ2) is 14.6. The molecule has 0 aliphatic carbocycles. The van der Waals surface area contributed by atoms with Crippen LogP contribution in [-0.4, -0.2) is 71.4 Å². The molecular weight excluding hydrogens is 436 g/mol. The van der Waals surface area contributed by atoms with E-state index in [-0.39, 0.29) is 18.3 Å². The number of primary amides is 1. The predicted molar refractivity (Wildman–Crippen MR) is 120 cm³/mol. The summed E-state index contributed by atoms with van der Waals surface area (Å²) >= 11 is 0.